The van der Waals surface area contributed by atoms with Crippen LogP contribution in [0.3, 0.4) is 0 Å². The second kappa shape index (κ2) is 7.36. The van der Waals surface area contributed by atoms with Crippen molar-refractivity contribution in [3.8, 4) is 0 Å². The standard InChI is InChI=1S/C16H27N3O2/c1-17-14-8-3-2-6-12(14)10-16-18-15(19-21-16)11-13-7-4-5-9-20-13/h12-14,17H,2-11H2,1H3. The van der Waals surface area contributed by atoms with Crippen molar-refractivity contribution in [3.05, 3.63) is 11.7 Å². The molecular formula is C16H27N3O2. The summed E-state index contributed by atoms with van der Waals surface area (Å²) in [6.07, 6.45) is 10.7. The first-order valence-corrected chi connectivity index (χ1v) is 8.45. The fourth-order valence-corrected chi connectivity index (χ4v) is 3.68. The van der Waals surface area contributed by atoms with Crippen molar-refractivity contribution in [2.24, 2.45) is 5.92 Å². The Bertz CT molecular complexity index is 429. The van der Waals surface area contributed by atoms with E-state index in [0.29, 0.717) is 12.0 Å². The van der Waals surface area contributed by atoms with E-state index >= 15 is 0 Å². The molecule has 3 unspecified atom stereocenters. The van der Waals surface area contributed by atoms with Gasteiger partial charge < -0.3 is 14.6 Å². The lowest BCUT2D eigenvalue weighted by Crippen LogP contribution is -2.37. The van der Waals surface area contributed by atoms with Crippen LogP contribution in [0.2, 0.25) is 0 Å². The van der Waals surface area contributed by atoms with Crippen molar-refractivity contribution in [2.75, 3.05) is 13.7 Å². The summed E-state index contributed by atoms with van der Waals surface area (Å²) in [4.78, 5) is 4.58. The summed E-state index contributed by atoms with van der Waals surface area (Å²) in [5.74, 6) is 2.24. The molecule has 1 N–H and O–H groups in total. The van der Waals surface area contributed by atoms with Crippen LogP contribution in [0, 0.1) is 5.92 Å². The van der Waals surface area contributed by atoms with E-state index in [0.717, 1.165) is 37.6 Å². The minimum absolute atomic E-state index is 0.281. The van der Waals surface area contributed by atoms with Gasteiger partial charge in [0.1, 0.15) is 0 Å². The van der Waals surface area contributed by atoms with Crippen LogP contribution in [0.4, 0.5) is 0 Å². The van der Waals surface area contributed by atoms with E-state index in [1.54, 1.807) is 0 Å². The zero-order valence-corrected chi connectivity index (χ0v) is 13.0. The third kappa shape index (κ3) is 4.04. The molecule has 0 amide bonds. The van der Waals surface area contributed by atoms with Crippen LogP contribution >= 0.6 is 0 Å². The molecule has 0 bridgehead atoms. The molecule has 1 aromatic heterocycles. The Morgan fingerprint density at radius 1 is 1.10 bits per heavy atom. The molecule has 1 aromatic rings. The van der Waals surface area contributed by atoms with Crippen LogP contribution in [0.5, 0.6) is 0 Å². The van der Waals surface area contributed by atoms with E-state index < -0.39 is 0 Å². The van der Waals surface area contributed by atoms with E-state index in [9.17, 15) is 0 Å². The summed E-state index contributed by atoms with van der Waals surface area (Å²) in [6, 6.07) is 0.593. The van der Waals surface area contributed by atoms with E-state index in [2.05, 4.69) is 22.5 Å². The molecule has 3 rings (SSSR count). The van der Waals surface area contributed by atoms with Gasteiger partial charge in [-0.2, -0.15) is 4.98 Å². The van der Waals surface area contributed by atoms with Gasteiger partial charge in [-0.25, -0.2) is 0 Å². The second-order valence-corrected chi connectivity index (χ2v) is 6.44. The molecule has 0 radical (unpaired) electrons. The summed E-state index contributed by atoms with van der Waals surface area (Å²) in [5, 5.41) is 7.58. The Morgan fingerprint density at radius 3 is 2.76 bits per heavy atom. The maximum Gasteiger partial charge on any atom is 0.226 e. The first-order valence-electron chi connectivity index (χ1n) is 8.45. The molecule has 2 aliphatic rings. The largest absolute Gasteiger partial charge is 0.378 e. The molecular weight excluding hydrogens is 266 g/mol. The molecule has 5 nitrogen and oxygen atoms in total. The predicted molar refractivity (Wildman–Crippen MR) is 80.1 cm³/mol. The van der Waals surface area contributed by atoms with E-state index in [1.165, 1.54) is 38.5 Å². The van der Waals surface area contributed by atoms with E-state index in [-0.39, 0.29) is 6.10 Å². The molecule has 0 spiro atoms. The highest BCUT2D eigenvalue weighted by molar-refractivity contribution is 4.93. The van der Waals surface area contributed by atoms with E-state index in [4.69, 9.17) is 9.26 Å². The monoisotopic (exact) mass is 293 g/mol. The van der Waals surface area contributed by atoms with Crippen LogP contribution < -0.4 is 5.32 Å². The quantitative estimate of drug-likeness (QED) is 0.904. The smallest absolute Gasteiger partial charge is 0.226 e. The maximum absolute atomic E-state index is 5.74. The Morgan fingerprint density at radius 2 is 1.95 bits per heavy atom. The van der Waals surface area contributed by atoms with Crippen molar-refractivity contribution in [3.63, 3.8) is 0 Å². The highest BCUT2D eigenvalue weighted by Crippen LogP contribution is 2.27. The number of nitrogens with zero attached hydrogens (tertiary/aromatic N) is 2. The van der Waals surface area contributed by atoms with Gasteiger partial charge in [-0.15, -0.1) is 0 Å². The molecule has 2 fully saturated rings. The molecule has 118 valence electrons. The van der Waals surface area contributed by atoms with Crippen LogP contribution in [-0.4, -0.2) is 35.9 Å². The number of hydrogen-bond donors (Lipinski definition) is 1. The first-order chi connectivity index (χ1) is 10.3. The topological polar surface area (TPSA) is 60.2 Å². The molecule has 0 aromatic carbocycles. The molecule has 1 aliphatic carbocycles. The number of hydrogen-bond acceptors (Lipinski definition) is 5. The third-order valence-corrected chi connectivity index (χ3v) is 4.91. The lowest BCUT2D eigenvalue weighted by Gasteiger charge is -2.30. The SMILES string of the molecule is CNC1CCCCC1Cc1nc(CC2CCCCO2)no1. The van der Waals surface area contributed by atoms with Crippen LogP contribution in [0.15, 0.2) is 4.52 Å². The minimum atomic E-state index is 0.281. The lowest BCUT2D eigenvalue weighted by molar-refractivity contribution is 0.0153. The molecule has 1 saturated carbocycles. The van der Waals surface area contributed by atoms with Gasteiger partial charge in [0.2, 0.25) is 5.89 Å². The molecule has 5 heteroatoms. The molecule has 1 aliphatic heterocycles. The Hall–Kier alpha value is -0.940. The van der Waals surface area contributed by atoms with Crippen LogP contribution in [0.25, 0.3) is 0 Å². The summed E-state index contributed by atoms with van der Waals surface area (Å²) < 4.78 is 11.2. The molecule has 3 atom stereocenters. The minimum Gasteiger partial charge on any atom is -0.378 e. The second-order valence-electron chi connectivity index (χ2n) is 6.44. The average Bonchev–Trinajstić information content (AvgIpc) is 2.96. The Labute approximate surface area is 126 Å². The predicted octanol–water partition coefficient (Wildman–Crippen LogP) is 2.50. The van der Waals surface area contributed by atoms with Crippen molar-refractivity contribution in [2.45, 2.75) is 69.9 Å². The molecule has 1 saturated heterocycles. The van der Waals surface area contributed by atoms with Crippen molar-refractivity contribution >= 4 is 0 Å². The normalized spacial score (nSPS) is 30.4. The van der Waals surface area contributed by atoms with E-state index in [1.807, 2.05) is 0 Å². The van der Waals surface area contributed by atoms with Gasteiger partial charge in [-0.3, -0.25) is 0 Å². The highest BCUT2D eigenvalue weighted by Gasteiger charge is 2.26. The summed E-state index contributed by atoms with van der Waals surface area (Å²) in [6.45, 7) is 0.876. The third-order valence-electron chi connectivity index (χ3n) is 4.91. The number of rotatable bonds is 5. The highest BCUT2D eigenvalue weighted by atomic mass is 16.5. The van der Waals surface area contributed by atoms with Crippen molar-refractivity contribution < 1.29 is 9.26 Å². The fraction of sp³-hybridized carbons (Fsp3) is 0.875. The lowest BCUT2D eigenvalue weighted by atomic mass is 9.82. The van der Waals surface area contributed by atoms with Crippen LogP contribution in [-0.2, 0) is 17.6 Å². The first kappa shape index (κ1) is 15.0. The Balaban J connectivity index is 1.54. The van der Waals surface area contributed by atoms with Gasteiger partial charge >= 0.3 is 0 Å². The summed E-state index contributed by atoms with van der Waals surface area (Å²) >= 11 is 0. The zero-order chi connectivity index (χ0) is 14.5. The maximum atomic E-state index is 5.74. The van der Waals surface area contributed by atoms with Gasteiger partial charge in [0.15, 0.2) is 5.82 Å². The van der Waals surface area contributed by atoms with Crippen molar-refractivity contribution in [1.82, 2.24) is 15.5 Å². The molecule has 2 heterocycles. The fourth-order valence-electron chi connectivity index (χ4n) is 3.68. The van der Waals surface area contributed by atoms with Gasteiger partial charge in [-0.05, 0) is 45.1 Å². The summed E-state index contributed by atoms with van der Waals surface area (Å²) in [7, 11) is 2.06. The van der Waals surface area contributed by atoms with Gasteiger partial charge in [0.05, 0.1) is 6.10 Å². The average molecular weight is 293 g/mol. The molecule has 21 heavy (non-hydrogen) atoms. The van der Waals surface area contributed by atoms with Gasteiger partial charge in [0.25, 0.3) is 0 Å². The Kier molecular flexibility index (Phi) is 5.25. The number of nitrogens with one attached hydrogen (secondary N) is 1. The van der Waals surface area contributed by atoms with Gasteiger partial charge in [-0.1, -0.05) is 18.0 Å². The summed E-state index contributed by atoms with van der Waals surface area (Å²) in [5.41, 5.74) is 0. The number of aromatic nitrogens is 2. The van der Waals surface area contributed by atoms with Gasteiger partial charge in [0, 0.05) is 25.5 Å². The van der Waals surface area contributed by atoms with Crippen molar-refractivity contribution in [1.29, 1.82) is 0 Å². The van der Waals surface area contributed by atoms with Crippen LogP contribution in [0.1, 0.15) is 56.7 Å². The number of ether oxygens (including phenoxy) is 1. The zero-order valence-electron chi connectivity index (χ0n) is 13.0.